The van der Waals surface area contributed by atoms with Crippen LogP contribution in [0, 0.1) is 4.91 Å². The Bertz CT molecular complexity index is 984. The van der Waals surface area contributed by atoms with Gasteiger partial charge in [-0.2, -0.15) is 4.91 Å². The molecule has 0 atom stereocenters. The van der Waals surface area contributed by atoms with Crippen molar-refractivity contribution in [2.75, 3.05) is 24.8 Å². The Morgan fingerprint density at radius 2 is 1.93 bits per heavy atom. The van der Waals surface area contributed by atoms with Crippen LogP contribution in [0.25, 0.3) is 0 Å². The summed E-state index contributed by atoms with van der Waals surface area (Å²) >= 11 is 5.98. The van der Waals surface area contributed by atoms with Gasteiger partial charge in [0.2, 0.25) is 0 Å². The molecule has 162 valence electrons. The summed E-state index contributed by atoms with van der Waals surface area (Å²) in [6.45, 7) is 6.59. The van der Waals surface area contributed by atoms with Crippen molar-refractivity contribution in [3.63, 3.8) is 0 Å². The molecular weight excluding hydrogens is 410 g/mol. The largest absolute Gasteiger partial charge is 0.361 e. The van der Waals surface area contributed by atoms with E-state index in [1.165, 1.54) is 11.6 Å². The fourth-order valence-electron chi connectivity index (χ4n) is 3.01. The van der Waals surface area contributed by atoms with Crippen LogP contribution in [0.1, 0.15) is 25.3 Å². The SMILES string of the molecule is C=Nc1c(N(COCCC)Cc2ccc(Cl)cc2)c(=O)n(CCCN=O)c(=O)n1C. The topological polar surface area (TPSA) is 98.3 Å². The molecule has 1 aromatic heterocycles. The molecule has 0 spiro atoms. The van der Waals surface area contributed by atoms with Crippen molar-refractivity contribution < 1.29 is 4.74 Å². The van der Waals surface area contributed by atoms with E-state index < -0.39 is 11.2 Å². The molecule has 0 fully saturated rings. The van der Waals surface area contributed by atoms with Crippen molar-refractivity contribution in [3.05, 3.63) is 60.6 Å². The molecular formula is C20H26ClN5O4. The van der Waals surface area contributed by atoms with Gasteiger partial charge in [0, 0.05) is 31.8 Å². The van der Waals surface area contributed by atoms with Gasteiger partial charge >= 0.3 is 5.69 Å². The summed E-state index contributed by atoms with van der Waals surface area (Å²) in [4.78, 5) is 42.0. The molecule has 0 unspecified atom stereocenters. The minimum atomic E-state index is -0.530. The molecule has 0 radical (unpaired) electrons. The number of halogens is 1. The van der Waals surface area contributed by atoms with Gasteiger partial charge in [-0.05, 0) is 37.3 Å². The Labute approximate surface area is 179 Å². The van der Waals surface area contributed by atoms with Crippen molar-refractivity contribution >= 4 is 29.8 Å². The number of rotatable bonds is 12. The van der Waals surface area contributed by atoms with Crippen LogP contribution >= 0.6 is 11.6 Å². The van der Waals surface area contributed by atoms with Crippen LogP contribution in [0.4, 0.5) is 11.5 Å². The van der Waals surface area contributed by atoms with E-state index in [1.807, 2.05) is 19.1 Å². The lowest BCUT2D eigenvalue weighted by Gasteiger charge is -2.26. The van der Waals surface area contributed by atoms with Crippen LogP contribution in [0.15, 0.2) is 44.0 Å². The highest BCUT2D eigenvalue weighted by Gasteiger charge is 2.22. The van der Waals surface area contributed by atoms with Gasteiger partial charge in [0.1, 0.15) is 12.4 Å². The lowest BCUT2D eigenvalue weighted by molar-refractivity contribution is 0.133. The lowest BCUT2D eigenvalue weighted by atomic mass is 10.2. The number of ether oxygens (including phenoxy) is 1. The minimum absolute atomic E-state index is 0.0144. The number of hydrogen-bond donors (Lipinski definition) is 0. The first kappa shape index (κ1) is 23.5. The zero-order valence-corrected chi connectivity index (χ0v) is 18.0. The van der Waals surface area contributed by atoms with E-state index in [2.05, 4.69) is 16.9 Å². The average Bonchev–Trinajstić information content (AvgIpc) is 2.74. The summed E-state index contributed by atoms with van der Waals surface area (Å²) in [6, 6.07) is 7.24. The van der Waals surface area contributed by atoms with Crippen molar-refractivity contribution in [1.29, 1.82) is 0 Å². The molecule has 0 amide bonds. The zero-order valence-electron chi connectivity index (χ0n) is 17.2. The first-order chi connectivity index (χ1) is 14.4. The smallest absolute Gasteiger partial charge is 0.332 e. The van der Waals surface area contributed by atoms with E-state index in [9.17, 15) is 14.5 Å². The Morgan fingerprint density at radius 1 is 1.23 bits per heavy atom. The van der Waals surface area contributed by atoms with Gasteiger partial charge in [-0.1, -0.05) is 35.8 Å². The average molecular weight is 436 g/mol. The summed E-state index contributed by atoms with van der Waals surface area (Å²) in [5, 5.41) is 3.40. The summed E-state index contributed by atoms with van der Waals surface area (Å²) in [5.41, 5.74) is 0.0649. The monoisotopic (exact) mass is 435 g/mol. The summed E-state index contributed by atoms with van der Waals surface area (Å²) in [7, 11) is 1.52. The third kappa shape index (κ3) is 5.64. The molecule has 0 N–H and O–H groups in total. The molecule has 0 saturated carbocycles. The Kier molecular flexibility index (Phi) is 8.94. The van der Waals surface area contributed by atoms with Gasteiger partial charge < -0.3 is 9.64 Å². The van der Waals surface area contributed by atoms with Crippen LogP contribution in [-0.2, 0) is 24.9 Å². The van der Waals surface area contributed by atoms with Gasteiger partial charge in [-0.3, -0.25) is 13.9 Å². The number of nitroso groups, excluding NO2 is 1. The van der Waals surface area contributed by atoms with Gasteiger partial charge in [0.25, 0.3) is 5.56 Å². The van der Waals surface area contributed by atoms with Crippen LogP contribution in [0.5, 0.6) is 0 Å². The quantitative estimate of drug-likeness (QED) is 0.221. The fourth-order valence-corrected chi connectivity index (χ4v) is 3.13. The van der Waals surface area contributed by atoms with Gasteiger partial charge in [0.05, 0.1) is 6.54 Å². The van der Waals surface area contributed by atoms with Crippen molar-refractivity contribution in [3.8, 4) is 0 Å². The van der Waals surface area contributed by atoms with E-state index in [0.29, 0.717) is 18.2 Å². The zero-order chi connectivity index (χ0) is 22.1. The standard InChI is InChI=1S/C20H26ClN5O4/c1-4-12-30-14-25(13-15-6-8-16(21)9-7-15)17-18(22-2)24(3)20(28)26(19(17)27)11-5-10-23-29/h6-9H,2,4-5,10-14H2,1,3H3. The van der Waals surface area contributed by atoms with E-state index in [-0.39, 0.29) is 37.7 Å². The highest BCUT2D eigenvalue weighted by atomic mass is 35.5. The predicted octanol–water partition coefficient (Wildman–Crippen LogP) is 3.08. The van der Waals surface area contributed by atoms with Crippen LogP contribution in [0.2, 0.25) is 5.02 Å². The number of aromatic nitrogens is 2. The molecule has 1 heterocycles. The molecule has 0 aliphatic heterocycles. The highest BCUT2D eigenvalue weighted by molar-refractivity contribution is 6.30. The molecule has 2 aromatic rings. The number of aliphatic imine (C=N–C) groups is 1. The lowest BCUT2D eigenvalue weighted by Crippen LogP contribution is -2.43. The van der Waals surface area contributed by atoms with Gasteiger partial charge in [-0.15, -0.1) is 0 Å². The third-order valence-corrected chi connectivity index (χ3v) is 4.73. The second kappa shape index (κ2) is 11.4. The maximum atomic E-state index is 13.3. The van der Waals surface area contributed by atoms with Gasteiger partial charge in [-0.25, -0.2) is 9.79 Å². The van der Waals surface area contributed by atoms with E-state index in [4.69, 9.17) is 16.3 Å². The van der Waals surface area contributed by atoms with Crippen molar-refractivity contribution in [2.45, 2.75) is 32.9 Å². The molecule has 1 aromatic carbocycles. The molecule has 0 bridgehead atoms. The summed E-state index contributed by atoms with van der Waals surface area (Å²) in [6.07, 6.45) is 1.10. The second-order valence-electron chi connectivity index (χ2n) is 6.70. The van der Waals surface area contributed by atoms with Crippen LogP contribution in [-0.4, -0.2) is 35.7 Å². The molecule has 0 saturated heterocycles. The molecule has 0 aliphatic rings. The molecule has 30 heavy (non-hydrogen) atoms. The maximum absolute atomic E-state index is 13.3. The first-order valence-corrected chi connectivity index (χ1v) is 9.99. The third-order valence-electron chi connectivity index (χ3n) is 4.47. The van der Waals surface area contributed by atoms with Gasteiger partial charge in [0.15, 0.2) is 5.82 Å². The Morgan fingerprint density at radius 3 is 2.53 bits per heavy atom. The summed E-state index contributed by atoms with van der Waals surface area (Å²) in [5.74, 6) is 0.156. The molecule has 9 nitrogen and oxygen atoms in total. The molecule has 10 heteroatoms. The second-order valence-corrected chi connectivity index (χ2v) is 7.13. The van der Waals surface area contributed by atoms with E-state index in [0.717, 1.165) is 16.6 Å². The van der Waals surface area contributed by atoms with Crippen molar-refractivity contribution in [2.24, 2.45) is 17.2 Å². The number of nitrogens with zero attached hydrogens (tertiary/aromatic N) is 5. The fraction of sp³-hybridized carbons (Fsp3) is 0.450. The van der Waals surface area contributed by atoms with Crippen molar-refractivity contribution in [1.82, 2.24) is 9.13 Å². The minimum Gasteiger partial charge on any atom is -0.361 e. The highest BCUT2D eigenvalue weighted by Crippen LogP contribution is 2.24. The normalized spacial score (nSPS) is 10.8. The molecule has 2 rings (SSSR count). The molecule has 0 aliphatic carbocycles. The van der Waals surface area contributed by atoms with Crippen LogP contribution < -0.4 is 16.1 Å². The Balaban J connectivity index is 2.56. The summed E-state index contributed by atoms with van der Waals surface area (Å²) < 4.78 is 8.06. The predicted molar refractivity (Wildman–Crippen MR) is 119 cm³/mol. The van der Waals surface area contributed by atoms with E-state index in [1.54, 1.807) is 17.0 Å². The number of benzene rings is 1. The Hall–Kier alpha value is -2.78. The number of hydrogen-bond acceptors (Lipinski definition) is 7. The maximum Gasteiger partial charge on any atom is 0.332 e. The first-order valence-electron chi connectivity index (χ1n) is 9.61. The van der Waals surface area contributed by atoms with Crippen LogP contribution in [0.3, 0.4) is 0 Å². The van der Waals surface area contributed by atoms with E-state index >= 15 is 0 Å². The number of anilines is 1.